The zero-order valence-electron chi connectivity index (χ0n) is 11.6. The number of aliphatic hydroxyl groups excluding tert-OH is 1. The molecule has 0 aliphatic rings. The van der Waals surface area contributed by atoms with E-state index in [9.17, 15) is 5.11 Å². The molecule has 0 heterocycles. The predicted octanol–water partition coefficient (Wildman–Crippen LogP) is 3.84. The number of hydrogen-bond acceptors (Lipinski definition) is 2. The van der Waals surface area contributed by atoms with Crippen molar-refractivity contribution >= 4 is 5.69 Å². The number of benzene rings is 2. The Morgan fingerprint density at radius 2 is 1.79 bits per heavy atom. The number of hydrogen-bond donors (Lipinski definition) is 2. The van der Waals surface area contributed by atoms with E-state index in [0.717, 1.165) is 23.4 Å². The number of para-hydroxylation sites is 1. The molecule has 2 nitrogen and oxygen atoms in total. The second-order valence-electron chi connectivity index (χ2n) is 4.96. The molecule has 0 bridgehead atoms. The van der Waals surface area contributed by atoms with Crippen molar-refractivity contribution in [1.82, 2.24) is 0 Å². The van der Waals surface area contributed by atoms with E-state index in [1.165, 1.54) is 5.56 Å². The Balaban J connectivity index is 1.91. The molecule has 2 rings (SSSR count). The van der Waals surface area contributed by atoms with Gasteiger partial charge in [0.2, 0.25) is 0 Å². The van der Waals surface area contributed by atoms with E-state index in [0.29, 0.717) is 6.42 Å². The molecular weight excluding hydrogens is 234 g/mol. The lowest BCUT2D eigenvalue weighted by atomic mass is 9.99. The monoisotopic (exact) mass is 255 g/mol. The maximum atomic E-state index is 10.3. The summed E-state index contributed by atoms with van der Waals surface area (Å²) in [5, 5.41) is 13.6. The van der Waals surface area contributed by atoms with Crippen molar-refractivity contribution < 1.29 is 5.11 Å². The van der Waals surface area contributed by atoms with Crippen molar-refractivity contribution in [3.8, 4) is 0 Å². The van der Waals surface area contributed by atoms with Gasteiger partial charge in [0.15, 0.2) is 0 Å². The van der Waals surface area contributed by atoms with Gasteiger partial charge < -0.3 is 10.4 Å². The van der Waals surface area contributed by atoms with Gasteiger partial charge in [0, 0.05) is 12.2 Å². The maximum Gasteiger partial charge on any atom is 0.0809 e. The van der Waals surface area contributed by atoms with Crippen LogP contribution in [0.15, 0.2) is 48.5 Å². The summed E-state index contributed by atoms with van der Waals surface area (Å²) in [6.45, 7) is 4.86. The minimum absolute atomic E-state index is 0.406. The van der Waals surface area contributed by atoms with E-state index in [1.54, 1.807) is 0 Å². The standard InChI is InChI=1S/C17H21NO/c1-13-8-9-14(2)16(12-13)17(19)10-11-18-15-6-4-3-5-7-15/h3-9,12,17-19H,10-11H2,1-2H3. The fourth-order valence-corrected chi connectivity index (χ4v) is 2.18. The molecule has 0 spiro atoms. The van der Waals surface area contributed by atoms with Crippen molar-refractivity contribution in [2.75, 3.05) is 11.9 Å². The van der Waals surface area contributed by atoms with Crippen LogP contribution in [0, 0.1) is 13.8 Å². The minimum Gasteiger partial charge on any atom is -0.388 e. The number of nitrogens with one attached hydrogen (secondary N) is 1. The second kappa shape index (κ2) is 6.39. The van der Waals surface area contributed by atoms with E-state index in [-0.39, 0.29) is 0 Å². The van der Waals surface area contributed by atoms with Gasteiger partial charge in [-0.2, -0.15) is 0 Å². The minimum atomic E-state index is -0.406. The molecule has 0 saturated heterocycles. The molecule has 0 aliphatic heterocycles. The fraction of sp³-hybridized carbons (Fsp3) is 0.294. The van der Waals surface area contributed by atoms with Crippen molar-refractivity contribution in [2.24, 2.45) is 0 Å². The molecule has 0 fully saturated rings. The van der Waals surface area contributed by atoms with Crippen molar-refractivity contribution in [2.45, 2.75) is 26.4 Å². The van der Waals surface area contributed by atoms with Gasteiger partial charge in [-0.15, -0.1) is 0 Å². The average Bonchev–Trinajstić information content (AvgIpc) is 2.42. The van der Waals surface area contributed by atoms with Crippen LogP contribution in [-0.4, -0.2) is 11.7 Å². The highest BCUT2D eigenvalue weighted by molar-refractivity contribution is 5.42. The summed E-state index contributed by atoms with van der Waals surface area (Å²) in [5.41, 5.74) is 4.47. The largest absolute Gasteiger partial charge is 0.388 e. The van der Waals surface area contributed by atoms with Gasteiger partial charge in [0.1, 0.15) is 0 Å². The summed E-state index contributed by atoms with van der Waals surface area (Å²) in [5.74, 6) is 0. The van der Waals surface area contributed by atoms with Crippen molar-refractivity contribution in [3.05, 3.63) is 65.2 Å². The van der Waals surface area contributed by atoms with Crippen LogP contribution < -0.4 is 5.32 Å². The first kappa shape index (κ1) is 13.6. The van der Waals surface area contributed by atoms with Crippen LogP contribution >= 0.6 is 0 Å². The molecule has 1 atom stereocenters. The van der Waals surface area contributed by atoms with Gasteiger partial charge in [0.25, 0.3) is 0 Å². The van der Waals surface area contributed by atoms with Gasteiger partial charge in [-0.3, -0.25) is 0 Å². The average molecular weight is 255 g/mol. The first-order valence-corrected chi connectivity index (χ1v) is 6.71. The molecule has 2 aromatic carbocycles. The fourth-order valence-electron chi connectivity index (χ4n) is 2.18. The molecule has 2 N–H and O–H groups in total. The summed E-state index contributed by atoms with van der Waals surface area (Å²) >= 11 is 0. The third kappa shape index (κ3) is 3.83. The Hall–Kier alpha value is -1.80. The van der Waals surface area contributed by atoms with Crippen LogP contribution in [0.3, 0.4) is 0 Å². The quantitative estimate of drug-likeness (QED) is 0.850. The van der Waals surface area contributed by atoms with Crippen LogP contribution in [-0.2, 0) is 0 Å². The Bertz CT molecular complexity index is 522. The summed E-state index contributed by atoms with van der Waals surface area (Å²) in [6.07, 6.45) is 0.301. The van der Waals surface area contributed by atoms with Crippen LogP contribution in [0.2, 0.25) is 0 Å². The predicted molar refractivity (Wildman–Crippen MR) is 80.4 cm³/mol. The summed E-state index contributed by atoms with van der Waals surface area (Å²) in [4.78, 5) is 0. The topological polar surface area (TPSA) is 32.3 Å². The SMILES string of the molecule is Cc1ccc(C)c(C(O)CCNc2ccccc2)c1. The summed E-state index contributed by atoms with van der Waals surface area (Å²) in [6, 6.07) is 16.3. The molecular formula is C17H21NO. The first-order valence-electron chi connectivity index (χ1n) is 6.71. The van der Waals surface area contributed by atoms with E-state index in [1.807, 2.05) is 37.3 Å². The smallest absolute Gasteiger partial charge is 0.0809 e. The number of aryl methyl sites for hydroxylation is 2. The van der Waals surface area contributed by atoms with E-state index in [4.69, 9.17) is 0 Å². The second-order valence-corrected chi connectivity index (χ2v) is 4.96. The normalized spacial score (nSPS) is 12.2. The number of anilines is 1. The van der Waals surface area contributed by atoms with Gasteiger partial charge in [-0.1, -0.05) is 42.0 Å². The van der Waals surface area contributed by atoms with Crippen molar-refractivity contribution in [1.29, 1.82) is 0 Å². The molecule has 0 aromatic heterocycles. The highest BCUT2D eigenvalue weighted by Gasteiger charge is 2.10. The van der Waals surface area contributed by atoms with Crippen LogP contribution in [0.4, 0.5) is 5.69 Å². The summed E-state index contributed by atoms with van der Waals surface area (Å²) < 4.78 is 0. The van der Waals surface area contributed by atoms with Gasteiger partial charge in [-0.05, 0) is 43.5 Å². The van der Waals surface area contributed by atoms with Crippen LogP contribution in [0.5, 0.6) is 0 Å². The van der Waals surface area contributed by atoms with E-state index in [2.05, 4.69) is 30.4 Å². The van der Waals surface area contributed by atoms with Gasteiger partial charge in [0.05, 0.1) is 6.10 Å². The Kier molecular flexibility index (Phi) is 4.58. The third-order valence-corrected chi connectivity index (χ3v) is 3.31. The highest BCUT2D eigenvalue weighted by Crippen LogP contribution is 2.22. The van der Waals surface area contributed by atoms with Gasteiger partial charge >= 0.3 is 0 Å². The molecule has 1 unspecified atom stereocenters. The Morgan fingerprint density at radius 3 is 2.53 bits per heavy atom. The first-order chi connectivity index (χ1) is 9.16. The molecule has 19 heavy (non-hydrogen) atoms. The Labute approximate surface area is 115 Å². The zero-order valence-corrected chi connectivity index (χ0v) is 11.6. The summed E-state index contributed by atoms with van der Waals surface area (Å²) in [7, 11) is 0. The van der Waals surface area contributed by atoms with Crippen molar-refractivity contribution in [3.63, 3.8) is 0 Å². The molecule has 0 amide bonds. The molecule has 2 aromatic rings. The van der Waals surface area contributed by atoms with E-state index < -0.39 is 6.10 Å². The Morgan fingerprint density at radius 1 is 1.05 bits per heavy atom. The maximum absolute atomic E-state index is 10.3. The van der Waals surface area contributed by atoms with E-state index >= 15 is 0 Å². The third-order valence-electron chi connectivity index (χ3n) is 3.31. The molecule has 0 aliphatic carbocycles. The lowest BCUT2D eigenvalue weighted by Crippen LogP contribution is -2.08. The van der Waals surface area contributed by atoms with Crippen LogP contribution in [0.25, 0.3) is 0 Å². The van der Waals surface area contributed by atoms with Gasteiger partial charge in [-0.25, -0.2) is 0 Å². The lowest BCUT2D eigenvalue weighted by molar-refractivity contribution is 0.171. The number of aliphatic hydroxyl groups is 1. The number of rotatable bonds is 5. The molecule has 0 radical (unpaired) electrons. The molecule has 0 saturated carbocycles. The highest BCUT2D eigenvalue weighted by atomic mass is 16.3. The molecule has 100 valence electrons. The molecule has 2 heteroatoms. The lowest BCUT2D eigenvalue weighted by Gasteiger charge is -2.15. The zero-order chi connectivity index (χ0) is 13.7. The van der Waals surface area contributed by atoms with Crippen LogP contribution in [0.1, 0.15) is 29.2 Å².